The van der Waals surface area contributed by atoms with E-state index in [9.17, 15) is 14.4 Å². The molecule has 1 aromatic heterocycles. The van der Waals surface area contributed by atoms with E-state index in [1.54, 1.807) is 24.3 Å². The number of amides is 1. The van der Waals surface area contributed by atoms with Crippen LogP contribution in [0.2, 0.25) is 0 Å². The van der Waals surface area contributed by atoms with Gasteiger partial charge in [-0.15, -0.1) is 0 Å². The predicted octanol–water partition coefficient (Wildman–Crippen LogP) is 3.91. The lowest BCUT2D eigenvalue weighted by molar-refractivity contribution is -0.116. The summed E-state index contributed by atoms with van der Waals surface area (Å²) in [6.45, 7) is 4.20. The van der Waals surface area contributed by atoms with E-state index in [0.717, 1.165) is 29.3 Å². The predicted molar refractivity (Wildman–Crippen MR) is 113 cm³/mol. The Labute approximate surface area is 169 Å². The van der Waals surface area contributed by atoms with Crippen molar-refractivity contribution in [3.8, 4) is 0 Å². The third-order valence-corrected chi connectivity index (χ3v) is 4.66. The van der Waals surface area contributed by atoms with Crippen molar-refractivity contribution < 1.29 is 14.3 Å². The molecule has 0 fully saturated rings. The van der Waals surface area contributed by atoms with Crippen LogP contribution < -0.4 is 10.9 Å². The van der Waals surface area contributed by atoms with Crippen LogP contribution >= 0.6 is 0 Å². The number of carbonyl (C=O) groups excluding carboxylic acids is 2. The number of hydrogen-bond acceptors (Lipinski definition) is 4. The normalized spacial score (nSPS) is 10.7. The number of nitrogens with one attached hydrogen (secondary N) is 1. The van der Waals surface area contributed by atoms with E-state index in [-0.39, 0.29) is 24.0 Å². The second-order valence-corrected chi connectivity index (χ2v) is 6.88. The van der Waals surface area contributed by atoms with Gasteiger partial charge in [0.1, 0.15) is 6.54 Å². The van der Waals surface area contributed by atoms with E-state index >= 15 is 0 Å². The van der Waals surface area contributed by atoms with Crippen molar-refractivity contribution in [2.45, 2.75) is 33.2 Å². The van der Waals surface area contributed by atoms with Gasteiger partial charge in [-0.1, -0.05) is 31.5 Å². The zero-order valence-electron chi connectivity index (χ0n) is 16.6. The second kappa shape index (κ2) is 9.19. The Hall–Kier alpha value is -3.41. The highest BCUT2D eigenvalue weighted by atomic mass is 16.5. The maximum Gasteiger partial charge on any atom is 0.338 e. The van der Waals surface area contributed by atoms with E-state index in [2.05, 4.69) is 5.32 Å². The van der Waals surface area contributed by atoms with Crippen LogP contribution in [0.15, 0.2) is 59.4 Å². The number of hydrogen-bond donors (Lipinski definition) is 1. The van der Waals surface area contributed by atoms with Crippen molar-refractivity contribution in [1.29, 1.82) is 0 Å². The van der Waals surface area contributed by atoms with Gasteiger partial charge in [-0.2, -0.15) is 0 Å². The zero-order valence-corrected chi connectivity index (χ0v) is 16.6. The maximum absolute atomic E-state index is 12.5. The number of esters is 1. The van der Waals surface area contributed by atoms with Gasteiger partial charge < -0.3 is 10.1 Å². The SMILES string of the molecule is CCCCOC(=O)c1ccc(NC(=O)Cn2c(=O)cc(C)c3ccccc32)cc1. The Morgan fingerprint density at radius 3 is 2.52 bits per heavy atom. The number of carbonyl (C=O) groups is 2. The molecule has 0 spiro atoms. The number of anilines is 1. The summed E-state index contributed by atoms with van der Waals surface area (Å²) in [5, 5.41) is 3.70. The lowest BCUT2D eigenvalue weighted by atomic mass is 10.1. The molecule has 1 amide bonds. The number of fused-ring (bicyclic) bond motifs is 1. The van der Waals surface area contributed by atoms with Crippen molar-refractivity contribution in [2.75, 3.05) is 11.9 Å². The van der Waals surface area contributed by atoms with Crippen LogP contribution in [0.1, 0.15) is 35.7 Å². The fraction of sp³-hybridized carbons (Fsp3) is 0.261. The van der Waals surface area contributed by atoms with Crippen molar-refractivity contribution in [3.05, 3.63) is 76.1 Å². The molecular weight excluding hydrogens is 368 g/mol. The van der Waals surface area contributed by atoms with Crippen molar-refractivity contribution in [3.63, 3.8) is 0 Å². The summed E-state index contributed by atoms with van der Waals surface area (Å²) in [6, 6.07) is 15.5. The third kappa shape index (κ3) is 4.90. The summed E-state index contributed by atoms with van der Waals surface area (Å²) >= 11 is 0. The lowest BCUT2D eigenvalue weighted by Gasteiger charge is -2.12. The average molecular weight is 392 g/mol. The molecule has 0 radical (unpaired) electrons. The van der Waals surface area contributed by atoms with E-state index in [4.69, 9.17) is 4.74 Å². The standard InChI is InChI=1S/C23H24N2O4/c1-3-4-13-29-23(28)17-9-11-18(12-10-17)24-21(26)15-25-20-8-6-5-7-19(20)16(2)14-22(25)27/h5-12,14H,3-4,13,15H2,1-2H3,(H,24,26). The molecule has 0 saturated carbocycles. The minimum Gasteiger partial charge on any atom is -0.462 e. The van der Waals surface area contributed by atoms with Gasteiger partial charge in [-0.25, -0.2) is 4.79 Å². The van der Waals surface area contributed by atoms with Crippen LogP contribution in [-0.4, -0.2) is 23.1 Å². The maximum atomic E-state index is 12.5. The third-order valence-electron chi connectivity index (χ3n) is 4.66. The number of para-hydroxylation sites is 1. The van der Waals surface area contributed by atoms with Gasteiger partial charge >= 0.3 is 5.97 Å². The Bertz CT molecular complexity index is 1080. The molecule has 150 valence electrons. The minimum atomic E-state index is -0.381. The van der Waals surface area contributed by atoms with E-state index in [1.807, 2.05) is 38.1 Å². The quantitative estimate of drug-likeness (QED) is 0.489. The lowest BCUT2D eigenvalue weighted by Crippen LogP contribution is -2.27. The van der Waals surface area contributed by atoms with Gasteiger partial charge in [-0.3, -0.25) is 14.2 Å². The molecule has 1 heterocycles. The molecule has 0 aliphatic rings. The van der Waals surface area contributed by atoms with Crippen LogP contribution in [0.5, 0.6) is 0 Å². The molecule has 2 aromatic carbocycles. The fourth-order valence-electron chi connectivity index (χ4n) is 3.09. The Kier molecular flexibility index (Phi) is 6.44. The molecule has 1 N–H and O–H groups in total. The molecule has 6 nitrogen and oxygen atoms in total. The van der Waals surface area contributed by atoms with E-state index < -0.39 is 0 Å². The van der Waals surface area contributed by atoms with Crippen molar-refractivity contribution in [2.24, 2.45) is 0 Å². The molecule has 0 saturated heterocycles. The number of unbranched alkanes of at least 4 members (excludes halogenated alkanes) is 1. The van der Waals surface area contributed by atoms with Crippen molar-refractivity contribution in [1.82, 2.24) is 4.57 Å². The van der Waals surface area contributed by atoms with Gasteiger partial charge in [0.15, 0.2) is 0 Å². The summed E-state index contributed by atoms with van der Waals surface area (Å²) < 4.78 is 6.62. The molecule has 3 rings (SSSR count). The first-order chi connectivity index (χ1) is 14.0. The first kappa shape index (κ1) is 20.3. The van der Waals surface area contributed by atoms with Gasteiger partial charge in [0.05, 0.1) is 17.7 Å². The van der Waals surface area contributed by atoms with Crippen LogP contribution in [0.3, 0.4) is 0 Å². The van der Waals surface area contributed by atoms with E-state index in [0.29, 0.717) is 17.9 Å². The molecule has 0 atom stereocenters. The largest absolute Gasteiger partial charge is 0.462 e. The van der Waals surface area contributed by atoms with Gasteiger partial charge in [-0.05, 0) is 49.2 Å². The van der Waals surface area contributed by atoms with Crippen LogP contribution in [0.4, 0.5) is 5.69 Å². The summed E-state index contributed by atoms with van der Waals surface area (Å²) in [4.78, 5) is 36.8. The molecule has 29 heavy (non-hydrogen) atoms. The summed E-state index contributed by atoms with van der Waals surface area (Å²) in [5.41, 5.74) is 2.35. The Morgan fingerprint density at radius 1 is 1.07 bits per heavy atom. The first-order valence-corrected chi connectivity index (χ1v) is 9.66. The topological polar surface area (TPSA) is 77.4 Å². The van der Waals surface area contributed by atoms with Crippen LogP contribution in [0.25, 0.3) is 10.9 Å². The molecular formula is C23H24N2O4. The number of pyridine rings is 1. The van der Waals surface area contributed by atoms with Gasteiger partial charge in [0.25, 0.3) is 5.56 Å². The minimum absolute atomic E-state index is 0.0968. The summed E-state index contributed by atoms with van der Waals surface area (Å²) in [5.74, 6) is -0.701. The highest BCUT2D eigenvalue weighted by molar-refractivity contribution is 5.93. The molecule has 3 aromatic rings. The van der Waals surface area contributed by atoms with Crippen LogP contribution in [-0.2, 0) is 16.1 Å². The summed E-state index contributed by atoms with van der Waals surface area (Å²) in [7, 11) is 0. The van der Waals surface area contributed by atoms with Gasteiger partial charge in [0.2, 0.25) is 5.91 Å². The average Bonchev–Trinajstić information content (AvgIpc) is 2.72. The number of aryl methyl sites for hydroxylation is 1. The second-order valence-electron chi connectivity index (χ2n) is 6.88. The smallest absolute Gasteiger partial charge is 0.338 e. The molecule has 0 bridgehead atoms. The number of rotatable bonds is 7. The number of benzene rings is 2. The Balaban J connectivity index is 1.70. The number of nitrogens with zero attached hydrogens (tertiary/aromatic N) is 1. The molecule has 0 unspecified atom stereocenters. The monoisotopic (exact) mass is 392 g/mol. The molecule has 0 aliphatic heterocycles. The van der Waals surface area contributed by atoms with Gasteiger partial charge in [0, 0.05) is 17.1 Å². The first-order valence-electron chi connectivity index (χ1n) is 9.66. The summed E-state index contributed by atoms with van der Waals surface area (Å²) in [6.07, 6.45) is 1.78. The molecule has 0 aliphatic carbocycles. The highest BCUT2D eigenvalue weighted by Gasteiger charge is 2.11. The number of aromatic nitrogens is 1. The molecule has 6 heteroatoms. The van der Waals surface area contributed by atoms with Crippen molar-refractivity contribution >= 4 is 28.5 Å². The van der Waals surface area contributed by atoms with E-state index in [1.165, 1.54) is 10.6 Å². The fourth-order valence-corrected chi connectivity index (χ4v) is 3.09. The Morgan fingerprint density at radius 2 is 1.79 bits per heavy atom. The van der Waals surface area contributed by atoms with Crippen LogP contribution in [0, 0.1) is 6.92 Å². The highest BCUT2D eigenvalue weighted by Crippen LogP contribution is 2.16. The zero-order chi connectivity index (χ0) is 20.8. The number of ether oxygens (including phenoxy) is 1.